The molecule has 0 heterocycles. The maximum atomic E-state index is 12.6. The minimum absolute atomic E-state index is 0.0128. The summed E-state index contributed by atoms with van der Waals surface area (Å²) in [6.45, 7) is 3.35. The van der Waals surface area contributed by atoms with Crippen molar-refractivity contribution < 1.29 is 14.3 Å². The van der Waals surface area contributed by atoms with E-state index in [9.17, 15) is 9.59 Å². The van der Waals surface area contributed by atoms with Gasteiger partial charge in [-0.3, -0.25) is 9.59 Å². The predicted molar refractivity (Wildman–Crippen MR) is 104 cm³/mol. The van der Waals surface area contributed by atoms with Gasteiger partial charge in [0, 0.05) is 19.0 Å². The first-order valence-electron chi connectivity index (χ1n) is 8.40. The third-order valence-electron chi connectivity index (χ3n) is 3.93. The first-order chi connectivity index (χ1) is 12.4. The number of carbonyl (C=O) groups is 2. The zero-order chi connectivity index (χ0) is 19.1. The second kappa shape index (κ2) is 9.25. The van der Waals surface area contributed by atoms with Gasteiger partial charge >= 0.3 is 0 Å². The van der Waals surface area contributed by atoms with Gasteiger partial charge in [-0.05, 0) is 31.4 Å². The number of anilines is 1. The lowest BCUT2D eigenvalue weighted by Crippen LogP contribution is -2.33. The highest BCUT2D eigenvalue weighted by Crippen LogP contribution is 2.31. The Morgan fingerprint density at radius 3 is 2.50 bits per heavy atom. The first kappa shape index (κ1) is 19.8. The van der Waals surface area contributed by atoms with Crippen molar-refractivity contribution in [2.75, 3.05) is 12.4 Å². The van der Waals surface area contributed by atoms with E-state index >= 15 is 0 Å². The molecule has 0 bridgehead atoms. The van der Waals surface area contributed by atoms with E-state index in [1.165, 1.54) is 25.7 Å². The van der Waals surface area contributed by atoms with Gasteiger partial charge in [-0.25, -0.2) is 0 Å². The maximum absolute atomic E-state index is 12.6. The van der Waals surface area contributed by atoms with Crippen LogP contribution in [0.5, 0.6) is 5.75 Å². The van der Waals surface area contributed by atoms with Gasteiger partial charge in [0.15, 0.2) is 0 Å². The van der Waals surface area contributed by atoms with Crippen LogP contribution >= 0.6 is 11.6 Å². The molecule has 2 N–H and O–H groups in total. The molecular formula is C20H23ClN2O3. The van der Waals surface area contributed by atoms with Gasteiger partial charge in [0.1, 0.15) is 5.75 Å². The van der Waals surface area contributed by atoms with Crippen LogP contribution < -0.4 is 15.4 Å². The van der Waals surface area contributed by atoms with Gasteiger partial charge in [0.2, 0.25) is 5.91 Å². The van der Waals surface area contributed by atoms with Crippen molar-refractivity contribution in [3.63, 3.8) is 0 Å². The average Bonchev–Trinajstić information content (AvgIpc) is 2.61. The number of hydrogen-bond donors (Lipinski definition) is 2. The molecule has 0 saturated heterocycles. The number of methoxy groups -OCH3 is 1. The Hall–Kier alpha value is -2.53. The van der Waals surface area contributed by atoms with E-state index in [0.717, 1.165) is 12.8 Å². The number of hydrogen-bond acceptors (Lipinski definition) is 3. The van der Waals surface area contributed by atoms with Gasteiger partial charge < -0.3 is 15.4 Å². The molecule has 5 nitrogen and oxygen atoms in total. The van der Waals surface area contributed by atoms with Crippen LogP contribution in [0.2, 0.25) is 5.02 Å². The van der Waals surface area contributed by atoms with Crippen LogP contribution in [0.3, 0.4) is 0 Å². The van der Waals surface area contributed by atoms with Gasteiger partial charge in [-0.15, -0.1) is 0 Å². The molecule has 0 fully saturated rings. The van der Waals surface area contributed by atoms with E-state index in [-0.39, 0.29) is 22.9 Å². The zero-order valence-corrected chi connectivity index (χ0v) is 15.9. The molecule has 6 heteroatoms. The number of rotatable bonds is 7. The Balaban J connectivity index is 2.05. The van der Waals surface area contributed by atoms with E-state index in [4.69, 9.17) is 16.3 Å². The summed E-state index contributed by atoms with van der Waals surface area (Å²) in [5, 5.41) is 5.85. The Morgan fingerprint density at radius 2 is 1.88 bits per heavy atom. The highest BCUT2D eigenvalue weighted by molar-refractivity contribution is 6.34. The predicted octanol–water partition coefficient (Wildman–Crippen LogP) is 4.06. The molecule has 1 atom stereocenters. The number of amides is 2. The summed E-state index contributed by atoms with van der Waals surface area (Å²) in [5.74, 6) is -0.162. The van der Waals surface area contributed by atoms with Crippen LogP contribution in [-0.2, 0) is 11.2 Å². The molecule has 0 aliphatic carbocycles. The van der Waals surface area contributed by atoms with Crippen LogP contribution in [0.25, 0.3) is 0 Å². The van der Waals surface area contributed by atoms with Gasteiger partial charge in [-0.2, -0.15) is 0 Å². The SMILES string of the molecule is COc1cc(NC(C)=O)c(Cl)cc1C(=O)NC(C)CCc1ccccc1. The fourth-order valence-electron chi connectivity index (χ4n) is 2.59. The summed E-state index contributed by atoms with van der Waals surface area (Å²) in [6.07, 6.45) is 1.69. The average molecular weight is 375 g/mol. The summed E-state index contributed by atoms with van der Waals surface area (Å²) in [6, 6.07) is 13.2. The molecule has 2 aromatic rings. The monoisotopic (exact) mass is 374 g/mol. The number of ether oxygens (including phenoxy) is 1. The summed E-state index contributed by atoms with van der Waals surface area (Å²) in [4.78, 5) is 23.8. The molecule has 2 rings (SSSR count). The van der Waals surface area contributed by atoms with Crippen LogP contribution in [0.4, 0.5) is 5.69 Å². The van der Waals surface area contributed by atoms with Crippen LogP contribution in [0.15, 0.2) is 42.5 Å². The van der Waals surface area contributed by atoms with Crippen molar-refractivity contribution in [1.29, 1.82) is 0 Å². The number of aryl methyl sites for hydroxylation is 1. The van der Waals surface area contributed by atoms with Crippen LogP contribution in [0, 0.1) is 0 Å². The lowest BCUT2D eigenvalue weighted by molar-refractivity contribution is -0.114. The largest absolute Gasteiger partial charge is 0.496 e. The van der Waals surface area contributed by atoms with Crippen molar-refractivity contribution in [3.05, 3.63) is 58.6 Å². The highest BCUT2D eigenvalue weighted by Gasteiger charge is 2.18. The zero-order valence-electron chi connectivity index (χ0n) is 15.1. The van der Waals surface area contributed by atoms with Crippen LogP contribution in [0.1, 0.15) is 36.2 Å². The standard InChI is InChI=1S/C20H23ClN2O3/c1-13(9-10-15-7-5-4-6-8-15)22-20(25)16-11-17(21)18(23-14(2)24)12-19(16)26-3/h4-8,11-13H,9-10H2,1-3H3,(H,22,25)(H,23,24). The fourth-order valence-corrected chi connectivity index (χ4v) is 2.80. The molecule has 2 aromatic carbocycles. The molecule has 0 radical (unpaired) electrons. The second-order valence-electron chi connectivity index (χ2n) is 6.11. The maximum Gasteiger partial charge on any atom is 0.255 e. The quantitative estimate of drug-likeness (QED) is 0.768. The van der Waals surface area contributed by atoms with Crippen molar-refractivity contribution in [2.24, 2.45) is 0 Å². The Morgan fingerprint density at radius 1 is 1.19 bits per heavy atom. The number of carbonyl (C=O) groups excluding carboxylic acids is 2. The highest BCUT2D eigenvalue weighted by atomic mass is 35.5. The molecule has 138 valence electrons. The molecule has 0 spiro atoms. The van der Waals surface area contributed by atoms with Gasteiger partial charge in [-0.1, -0.05) is 41.9 Å². The summed E-state index contributed by atoms with van der Waals surface area (Å²) in [5.41, 5.74) is 1.97. The van der Waals surface area contributed by atoms with E-state index in [0.29, 0.717) is 17.0 Å². The molecule has 0 aliphatic heterocycles. The molecule has 2 amide bonds. The number of benzene rings is 2. The minimum atomic E-state index is -0.265. The van der Waals surface area contributed by atoms with Crippen molar-refractivity contribution in [3.8, 4) is 5.75 Å². The molecule has 0 saturated carbocycles. The Bertz CT molecular complexity index is 778. The minimum Gasteiger partial charge on any atom is -0.496 e. The third-order valence-corrected chi connectivity index (χ3v) is 4.24. The Kier molecular flexibility index (Phi) is 7.04. The summed E-state index contributed by atoms with van der Waals surface area (Å²) >= 11 is 6.17. The van der Waals surface area contributed by atoms with Crippen molar-refractivity contribution >= 4 is 29.1 Å². The normalized spacial score (nSPS) is 11.5. The summed E-state index contributed by atoms with van der Waals surface area (Å²) < 4.78 is 5.28. The van der Waals surface area contributed by atoms with E-state index in [1.54, 1.807) is 6.07 Å². The first-order valence-corrected chi connectivity index (χ1v) is 8.78. The third kappa shape index (κ3) is 5.49. The smallest absolute Gasteiger partial charge is 0.255 e. The van der Waals surface area contributed by atoms with Gasteiger partial charge in [0.05, 0.1) is 23.4 Å². The Labute approximate surface area is 158 Å². The molecule has 26 heavy (non-hydrogen) atoms. The van der Waals surface area contributed by atoms with E-state index in [2.05, 4.69) is 22.8 Å². The molecule has 0 aromatic heterocycles. The lowest BCUT2D eigenvalue weighted by atomic mass is 10.1. The van der Waals surface area contributed by atoms with Crippen molar-refractivity contribution in [1.82, 2.24) is 5.32 Å². The fraction of sp³-hybridized carbons (Fsp3) is 0.300. The number of nitrogens with one attached hydrogen (secondary N) is 2. The molecular weight excluding hydrogens is 352 g/mol. The number of halogens is 1. The van der Waals surface area contributed by atoms with Gasteiger partial charge in [0.25, 0.3) is 5.91 Å². The molecule has 1 unspecified atom stereocenters. The summed E-state index contributed by atoms with van der Waals surface area (Å²) in [7, 11) is 1.47. The molecule has 0 aliphatic rings. The van der Waals surface area contributed by atoms with Crippen LogP contribution in [-0.4, -0.2) is 25.0 Å². The van der Waals surface area contributed by atoms with E-state index < -0.39 is 0 Å². The lowest BCUT2D eigenvalue weighted by Gasteiger charge is -2.17. The topological polar surface area (TPSA) is 67.4 Å². The van der Waals surface area contributed by atoms with Crippen molar-refractivity contribution in [2.45, 2.75) is 32.7 Å². The second-order valence-corrected chi connectivity index (χ2v) is 6.52. The van der Waals surface area contributed by atoms with E-state index in [1.807, 2.05) is 25.1 Å².